The quantitative estimate of drug-likeness (QED) is 0.729. The summed E-state index contributed by atoms with van der Waals surface area (Å²) in [7, 11) is 0. The first-order chi connectivity index (χ1) is 10.8. The molecule has 0 spiro atoms. The molecule has 2 heteroatoms. The van der Waals surface area contributed by atoms with Crippen LogP contribution in [-0.4, -0.2) is 23.0 Å². The molecule has 0 N–H and O–H groups in total. The number of benzene rings is 2. The summed E-state index contributed by atoms with van der Waals surface area (Å²) in [6.07, 6.45) is 4.84. The van der Waals surface area contributed by atoms with E-state index >= 15 is 0 Å². The zero-order chi connectivity index (χ0) is 15.2. The molecular weight excluding hydrogens is 286 g/mol. The highest BCUT2D eigenvalue weighted by Crippen LogP contribution is 2.29. The third kappa shape index (κ3) is 3.75. The fraction of sp³-hybridized carbons (Fsp3) is 0.350. The molecule has 0 aliphatic carbocycles. The van der Waals surface area contributed by atoms with E-state index in [1.807, 2.05) is 0 Å². The van der Waals surface area contributed by atoms with Crippen molar-refractivity contribution >= 4 is 17.2 Å². The molecule has 2 aromatic carbocycles. The van der Waals surface area contributed by atoms with Gasteiger partial charge in [-0.05, 0) is 30.4 Å². The minimum absolute atomic E-state index is 0.358. The van der Waals surface area contributed by atoms with Crippen molar-refractivity contribution in [1.29, 1.82) is 0 Å². The van der Waals surface area contributed by atoms with Crippen molar-refractivity contribution in [3.63, 3.8) is 0 Å². The van der Waals surface area contributed by atoms with Crippen LogP contribution < -0.4 is 0 Å². The van der Waals surface area contributed by atoms with Crippen molar-refractivity contribution < 1.29 is 0 Å². The average Bonchev–Trinajstić information content (AvgIpc) is 2.62. The minimum Gasteiger partial charge on any atom is -0.366 e. The van der Waals surface area contributed by atoms with Crippen LogP contribution in [0, 0.1) is 0 Å². The predicted molar refractivity (Wildman–Crippen MR) is 97.4 cm³/mol. The summed E-state index contributed by atoms with van der Waals surface area (Å²) in [5.41, 5.74) is 2.71. The lowest BCUT2D eigenvalue weighted by atomic mass is 9.88. The molecule has 1 aliphatic heterocycles. The van der Waals surface area contributed by atoms with Gasteiger partial charge >= 0.3 is 0 Å². The van der Waals surface area contributed by atoms with Crippen LogP contribution in [0.15, 0.2) is 60.7 Å². The van der Waals surface area contributed by atoms with E-state index in [1.165, 1.54) is 30.4 Å². The maximum atomic E-state index is 5.78. The molecule has 3 rings (SSSR count). The second-order valence-electron chi connectivity index (χ2n) is 6.02. The lowest BCUT2D eigenvalue weighted by Gasteiger charge is -2.31. The summed E-state index contributed by atoms with van der Waals surface area (Å²) in [6, 6.07) is 21.5. The molecule has 22 heavy (non-hydrogen) atoms. The van der Waals surface area contributed by atoms with Crippen molar-refractivity contribution in [1.82, 2.24) is 4.90 Å². The SMILES string of the molecule is S=C(CC(c1ccccc1)c1ccccc1)N1CCCCC1. The van der Waals surface area contributed by atoms with Gasteiger partial charge < -0.3 is 4.90 Å². The van der Waals surface area contributed by atoms with Crippen LogP contribution in [0.1, 0.15) is 42.7 Å². The van der Waals surface area contributed by atoms with Crippen LogP contribution >= 0.6 is 12.2 Å². The molecule has 114 valence electrons. The molecule has 2 aromatic rings. The van der Waals surface area contributed by atoms with Crippen molar-refractivity contribution in [3.8, 4) is 0 Å². The Labute approximate surface area is 139 Å². The number of nitrogens with zero attached hydrogens (tertiary/aromatic N) is 1. The second kappa shape index (κ2) is 7.55. The van der Waals surface area contributed by atoms with Crippen LogP contribution in [0.3, 0.4) is 0 Å². The Kier molecular flexibility index (Phi) is 5.23. The van der Waals surface area contributed by atoms with E-state index in [9.17, 15) is 0 Å². The molecule has 0 bridgehead atoms. The lowest BCUT2D eigenvalue weighted by molar-refractivity contribution is 0.341. The summed E-state index contributed by atoms with van der Waals surface area (Å²) < 4.78 is 0. The van der Waals surface area contributed by atoms with E-state index in [0.717, 1.165) is 24.5 Å². The first kappa shape index (κ1) is 15.2. The van der Waals surface area contributed by atoms with Gasteiger partial charge in [-0.3, -0.25) is 0 Å². The van der Waals surface area contributed by atoms with Gasteiger partial charge in [-0.2, -0.15) is 0 Å². The molecule has 1 saturated heterocycles. The van der Waals surface area contributed by atoms with Gasteiger partial charge in [0.15, 0.2) is 0 Å². The van der Waals surface area contributed by atoms with E-state index in [4.69, 9.17) is 12.2 Å². The van der Waals surface area contributed by atoms with Gasteiger partial charge in [-0.15, -0.1) is 0 Å². The highest BCUT2D eigenvalue weighted by Gasteiger charge is 2.20. The van der Waals surface area contributed by atoms with Crippen molar-refractivity contribution in [2.24, 2.45) is 0 Å². The molecule has 0 atom stereocenters. The van der Waals surface area contributed by atoms with E-state index in [-0.39, 0.29) is 0 Å². The van der Waals surface area contributed by atoms with Gasteiger partial charge in [0.1, 0.15) is 0 Å². The summed E-state index contributed by atoms with van der Waals surface area (Å²) >= 11 is 5.78. The summed E-state index contributed by atoms with van der Waals surface area (Å²) in [4.78, 5) is 3.54. The van der Waals surface area contributed by atoms with Crippen LogP contribution in [-0.2, 0) is 0 Å². The smallest absolute Gasteiger partial charge is 0.0788 e. The van der Waals surface area contributed by atoms with E-state index in [1.54, 1.807) is 0 Å². The zero-order valence-electron chi connectivity index (χ0n) is 12.9. The monoisotopic (exact) mass is 309 g/mol. The Morgan fingerprint density at radius 1 is 0.818 bits per heavy atom. The molecule has 0 radical (unpaired) electrons. The van der Waals surface area contributed by atoms with Gasteiger partial charge in [0, 0.05) is 25.4 Å². The second-order valence-corrected chi connectivity index (χ2v) is 6.49. The van der Waals surface area contributed by atoms with Gasteiger partial charge in [-0.1, -0.05) is 72.9 Å². The molecule has 0 amide bonds. The summed E-state index contributed by atoms with van der Waals surface area (Å²) in [5.74, 6) is 0.358. The van der Waals surface area contributed by atoms with Gasteiger partial charge in [-0.25, -0.2) is 0 Å². The molecule has 1 fully saturated rings. The molecule has 0 aromatic heterocycles. The topological polar surface area (TPSA) is 3.24 Å². The maximum absolute atomic E-state index is 5.78. The largest absolute Gasteiger partial charge is 0.366 e. The first-order valence-corrected chi connectivity index (χ1v) is 8.63. The Morgan fingerprint density at radius 2 is 1.32 bits per heavy atom. The van der Waals surface area contributed by atoms with Crippen molar-refractivity contribution in [2.45, 2.75) is 31.6 Å². The van der Waals surface area contributed by atoms with Gasteiger partial charge in [0.25, 0.3) is 0 Å². The molecule has 1 nitrogen and oxygen atoms in total. The maximum Gasteiger partial charge on any atom is 0.0788 e. The number of hydrogen-bond acceptors (Lipinski definition) is 1. The highest BCUT2D eigenvalue weighted by atomic mass is 32.1. The first-order valence-electron chi connectivity index (χ1n) is 8.22. The molecular formula is C20H23NS. The number of rotatable bonds is 4. The van der Waals surface area contributed by atoms with Gasteiger partial charge in [0.05, 0.1) is 4.99 Å². The van der Waals surface area contributed by atoms with Crippen LogP contribution in [0.4, 0.5) is 0 Å². The number of piperidine rings is 1. The summed E-state index contributed by atoms with van der Waals surface area (Å²) in [5, 5.41) is 0. The normalized spacial score (nSPS) is 15.0. The number of likely N-dealkylation sites (tertiary alicyclic amines) is 1. The minimum atomic E-state index is 0.358. The Balaban J connectivity index is 1.81. The Bertz CT molecular complexity index is 548. The lowest BCUT2D eigenvalue weighted by Crippen LogP contribution is -2.35. The third-order valence-electron chi connectivity index (χ3n) is 4.49. The molecule has 1 aliphatic rings. The Morgan fingerprint density at radius 3 is 1.82 bits per heavy atom. The van der Waals surface area contributed by atoms with Crippen molar-refractivity contribution in [2.75, 3.05) is 13.1 Å². The van der Waals surface area contributed by atoms with Crippen LogP contribution in [0.5, 0.6) is 0 Å². The van der Waals surface area contributed by atoms with E-state index in [2.05, 4.69) is 65.6 Å². The number of thiocarbonyl (C=S) groups is 1. The molecule has 1 heterocycles. The molecule has 0 unspecified atom stereocenters. The third-order valence-corrected chi connectivity index (χ3v) is 4.92. The standard InChI is InChI=1S/C20H23NS/c22-20(21-14-8-3-9-15-21)16-19(17-10-4-1-5-11-17)18-12-6-2-7-13-18/h1-2,4-7,10-13,19H,3,8-9,14-16H2. The summed E-state index contributed by atoms with van der Waals surface area (Å²) in [6.45, 7) is 2.27. The van der Waals surface area contributed by atoms with Crippen LogP contribution in [0.2, 0.25) is 0 Å². The van der Waals surface area contributed by atoms with Crippen molar-refractivity contribution in [3.05, 3.63) is 71.8 Å². The molecule has 0 saturated carbocycles. The fourth-order valence-corrected chi connectivity index (χ4v) is 3.60. The number of hydrogen-bond donors (Lipinski definition) is 0. The van der Waals surface area contributed by atoms with Crippen LogP contribution in [0.25, 0.3) is 0 Å². The van der Waals surface area contributed by atoms with E-state index < -0.39 is 0 Å². The van der Waals surface area contributed by atoms with E-state index in [0.29, 0.717) is 5.92 Å². The zero-order valence-corrected chi connectivity index (χ0v) is 13.8. The average molecular weight is 309 g/mol. The Hall–Kier alpha value is -1.67. The van der Waals surface area contributed by atoms with Gasteiger partial charge in [0.2, 0.25) is 0 Å². The highest BCUT2D eigenvalue weighted by molar-refractivity contribution is 7.80. The fourth-order valence-electron chi connectivity index (χ4n) is 3.25. The predicted octanol–water partition coefficient (Wildman–Crippen LogP) is 5.02.